The van der Waals surface area contributed by atoms with E-state index in [2.05, 4.69) is 10.1 Å². The van der Waals surface area contributed by atoms with Crippen molar-refractivity contribution in [2.24, 2.45) is 0 Å². The zero-order valence-corrected chi connectivity index (χ0v) is 12.2. The fraction of sp³-hybridized carbons (Fsp3) is 0.188. The summed E-state index contributed by atoms with van der Waals surface area (Å²) in [6.45, 7) is 1.63. The van der Waals surface area contributed by atoms with Gasteiger partial charge in [-0.25, -0.2) is 13.8 Å². The number of benzene rings is 1. The number of pyridine rings is 1. The molecule has 1 aromatic carbocycles. The molecule has 2 heterocycles. The van der Waals surface area contributed by atoms with Crippen molar-refractivity contribution in [1.29, 1.82) is 0 Å². The lowest BCUT2D eigenvalue weighted by Gasteiger charge is -2.04. The fourth-order valence-corrected chi connectivity index (χ4v) is 2.25. The Morgan fingerprint density at radius 1 is 1.13 bits per heavy atom. The van der Waals surface area contributed by atoms with Crippen molar-refractivity contribution in [2.75, 3.05) is 0 Å². The Labute approximate surface area is 129 Å². The first-order valence-electron chi connectivity index (χ1n) is 6.98. The van der Waals surface area contributed by atoms with E-state index in [9.17, 15) is 18.0 Å². The number of aromatic nitrogens is 3. The second kappa shape index (κ2) is 5.83. The molecule has 0 aliphatic heterocycles. The summed E-state index contributed by atoms with van der Waals surface area (Å²) >= 11 is 0. The molecule has 0 N–H and O–H groups in total. The van der Waals surface area contributed by atoms with Crippen molar-refractivity contribution in [2.45, 2.75) is 19.9 Å². The molecule has 0 saturated carbocycles. The van der Waals surface area contributed by atoms with Gasteiger partial charge < -0.3 is 0 Å². The Balaban J connectivity index is 2.11. The molecule has 0 radical (unpaired) electrons. The third kappa shape index (κ3) is 2.81. The number of rotatable bonds is 4. The van der Waals surface area contributed by atoms with Crippen molar-refractivity contribution >= 4 is 16.8 Å². The predicted octanol–water partition coefficient (Wildman–Crippen LogP) is 3.49. The van der Waals surface area contributed by atoms with Crippen LogP contribution in [0.15, 0.2) is 30.5 Å². The Morgan fingerprint density at radius 3 is 2.61 bits per heavy atom. The van der Waals surface area contributed by atoms with E-state index in [0.717, 1.165) is 12.1 Å². The summed E-state index contributed by atoms with van der Waals surface area (Å²) in [5.74, 6) is -2.82. The zero-order chi connectivity index (χ0) is 16.6. The van der Waals surface area contributed by atoms with Gasteiger partial charge in [0.25, 0.3) is 5.95 Å². The lowest BCUT2D eigenvalue weighted by atomic mass is 10.1. The van der Waals surface area contributed by atoms with E-state index in [1.165, 1.54) is 16.9 Å². The largest absolute Gasteiger partial charge is 0.298 e. The number of carbonyl (C=O) groups excluding carboxylic acids is 1. The second-order valence-corrected chi connectivity index (χ2v) is 5.06. The monoisotopic (exact) mass is 319 g/mol. The van der Waals surface area contributed by atoms with Crippen LogP contribution in [0.4, 0.5) is 13.2 Å². The molecule has 0 aliphatic rings. The number of Topliss-reactive ketones (excluding diaryl/α,β-unsaturated/α-hetero) is 1. The number of halogens is 3. The Bertz CT molecular complexity index is 905. The van der Waals surface area contributed by atoms with Crippen LogP contribution in [0.25, 0.3) is 22.2 Å². The second-order valence-electron chi connectivity index (χ2n) is 5.06. The highest BCUT2D eigenvalue weighted by Crippen LogP contribution is 2.25. The molecule has 3 aromatic rings. The molecule has 0 fully saturated rings. The molecule has 23 heavy (non-hydrogen) atoms. The summed E-state index contributed by atoms with van der Waals surface area (Å²) in [6, 6.07) is 4.99. The highest BCUT2D eigenvalue weighted by Gasteiger charge is 2.15. The van der Waals surface area contributed by atoms with E-state index < -0.39 is 17.6 Å². The molecule has 0 amide bonds. The van der Waals surface area contributed by atoms with Crippen LogP contribution in [0.1, 0.15) is 13.3 Å². The molecule has 0 spiro atoms. The van der Waals surface area contributed by atoms with Crippen LogP contribution in [0.2, 0.25) is 0 Å². The van der Waals surface area contributed by atoms with E-state index in [1.54, 1.807) is 13.0 Å². The van der Waals surface area contributed by atoms with Gasteiger partial charge in [-0.05, 0) is 23.8 Å². The number of ketones is 1. The molecular formula is C16H12F3N3O. The van der Waals surface area contributed by atoms with Crippen LogP contribution in [0.3, 0.4) is 0 Å². The van der Waals surface area contributed by atoms with Gasteiger partial charge in [0.1, 0.15) is 12.1 Å². The average molecular weight is 319 g/mol. The van der Waals surface area contributed by atoms with Crippen molar-refractivity contribution in [3.05, 3.63) is 48.0 Å². The summed E-state index contributed by atoms with van der Waals surface area (Å²) in [6.07, 6.45) is 1.66. The SMILES string of the molecule is CCC(=O)Cn1nc(F)c2ncc(-c3ccc(F)c(F)c3)cc21. The van der Waals surface area contributed by atoms with Gasteiger partial charge in [0.05, 0.1) is 5.52 Å². The third-order valence-corrected chi connectivity index (χ3v) is 3.52. The maximum absolute atomic E-state index is 13.8. The molecule has 0 saturated heterocycles. The minimum atomic E-state index is -0.983. The third-order valence-electron chi connectivity index (χ3n) is 3.52. The molecule has 4 nitrogen and oxygen atoms in total. The van der Waals surface area contributed by atoms with Gasteiger partial charge in [-0.2, -0.15) is 4.39 Å². The quantitative estimate of drug-likeness (QED) is 0.739. The number of hydrogen-bond acceptors (Lipinski definition) is 3. The maximum atomic E-state index is 13.8. The van der Waals surface area contributed by atoms with Crippen molar-refractivity contribution in [3.63, 3.8) is 0 Å². The molecule has 2 aromatic heterocycles. The molecule has 3 rings (SSSR count). The minimum absolute atomic E-state index is 0.0280. The summed E-state index contributed by atoms with van der Waals surface area (Å²) in [7, 11) is 0. The van der Waals surface area contributed by atoms with Gasteiger partial charge in [0, 0.05) is 18.2 Å². The first kappa shape index (κ1) is 15.2. The Morgan fingerprint density at radius 2 is 1.91 bits per heavy atom. The first-order chi connectivity index (χ1) is 11.0. The van der Waals surface area contributed by atoms with Crippen molar-refractivity contribution in [1.82, 2.24) is 14.8 Å². The zero-order valence-electron chi connectivity index (χ0n) is 12.2. The Hall–Kier alpha value is -2.70. The Kier molecular flexibility index (Phi) is 3.85. The number of nitrogens with zero attached hydrogens (tertiary/aromatic N) is 3. The minimum Gasteiger partial charge on any atom is -0.298 e. The maximum Gasteiger partial charge on any atom is 0.258 e. The van der Waals surface area contributed by atoms with E-state index >= 15 is 0 Å². The van der Waals surface area contributed by atoms with E-state index in [1.807, 2.05) is 0 Å². The number of fused-ring (bicyclic) bond motifs is 1. The standard InChI is InChI=1S/C16H12F3N3O/c1-2-11(23)8-22-14-6-10(7-20-15(14)16(19)21-22)9-3-4-12(17)13(18)5-9/h3-7H,2,8H2,1H3. The van der Waals surface area contributed by atoms with Gasteiger partial charge in [0.2, 0.25) is 0 Å². The van der Waals surface area contributed by atoms with Crippen LogP contribution in [0.5, 0.6) is 0 Å². The molecule has 118 valence electrons. The smallest absolute Gasteiger partial charge is 0.258 e. The van der Waals surface area contributed by atoms with Gasteiger partial charge in [-0.15, -0.1) is 5.10 Å². The van der Waals surface area contributed by atoms with Gasteiger partial charge >= 0.3 is 0 Å². The van der Waals surface area contributed by atoms with Gasteiger partial charge in [0.15, 0.2) is 17.4 Å². The molecule has 0 atom stereocenters. The first-order valence-corrected chi connectivity index (χ1v) is 6.98. The lowest BCUT2D eigenvalue weighted by Crippen LogP contribution is -2.10. The molecule has 0 aliphatic carbocycles. The van der Waals surface area contributed by atoms with E-state index in [0.29, 0.717) is 23.1 Å². The molecule has 7 heteroatoms. The fourth-order valence-electron chi connectivity index (χ4n) is 2.25. The van der Waals surface area contributed by atoms with Crippen LogP contribution < -0.4 is 0 Å². The average Bonchev–Trinajstić information content (AvgIpc) is 2.85. The van der Waals surface area contributed by atoms with Crippen LogP contribution in [-0.4, -0.2) is 20.5 Å². The highest BCUT2D eigenvalue weighted by molar-refractivity contribution is 5.83. The highest BCUT2D eigenvalue weighted by atomic mass is 19.2. The molecule has 0 unspecified atom stereocenters. The van der Waals surface area contributed by atoms with Gasteiger partial charge in [-0.1, -0.05) is 13.0 Å². The number of hydrogen-bond donors (Lipinski definition) is 0. The summed E-state index contributed by atoms with van der Waals surface area (Å²) < 4.78 is 41.4. The lowest BCUT2D eigenvalue weighted by molar-refractivity contribution is -0.119. The van der Waals surface area contributed by atoms with E-state index in [-0.39, 0.29) is 17.8 Å². The number of carbonyl (C=O) groups is 1. The molecule has 0 bridgehead atoms. The van der Waals surface area contributed by atoms with Crippen molar-refractivity contribution < 1.29 is 18.0 Å². The normalized spacial score (nSPS) is 11.1. The topological polar surface area (TPSA) is 47.8 Å². The van der Waals surface area contributed by atoms with E-state index in [4.69, 9.17) is 0 Å². The van der Waals surface area contributed by atoms with Crippen LogP contribution in [0, 0.1) is 17.6 Å². The summed E-state index contributed by atoms with van der Waals surface area (Å²) in [4.78, 5) is 15.6. The summed E-state index contributed by atoms with van der Waals surface area (Å²) in [5.41, 5.74) is 1.22. The molecular weight excluding hydrogens is 307 g/mol. The van der Waals surface area contributed by atoms with Crippen LogP contribution >= 0.6 is 0 Å². The predicted molar refractivity (Wildman–Crippen MR) is 78.1 cm³/mol. The summed E-state index contributed by atoms with van der Waals surface area (Å²) in [5, 5.41) is 3.68. The van der Waals surface area contributed by atoms with Crippen molar-refractivity contribution in [3.8, 4) is 11.1 Å². The van der Waals surface area contributed by atoms with Crippen LogP contribution in [-0.2, 0) is 11.3 Å². The van der Waals surface area contributed by atoms with Gasteiger partial charge in [-0.3, -0.25) is 9.48 Å².